The number of anilines is 1. The van der Waals surface area contributed by atoms with Gasteiger partial charge in [-0.2, -0.15) is 0 Å². The van der Waals surface area contributed by atoms with Crippen LogP contribution in [0.1, 0.15) is 63.3 Å². The van der Waals surface area contributed by atoms with Gasteiger partial charge in [-0.15, -0.1) is 5.10 Å². The Morgan fingerprint density at radius 2 is 1.93 bits per heavy atom. The number of rotatable bonds is 9. The predicted molar refractivity (Wildman–Crippen MR) is 160 cm³/mol. The molecule has 4 aromatic rings. The van der Waals surface area contributed by atoms with E-state index in [-0.39, 0.29) is 41.8 Å². The summed E-state index contributed by atoms with van der Waals surface area (Å²) in [6.07, 6.45) is 5.10. The molecule has 1 amide bonds. The molecule has 222 valence electrons. The van der Waals surface area contributed by atoms with Gasteiger partial charge in [0.1, 0.15) is 11.6 Å². The topological polar surface area (TPSA) is 132 Å². The first-order chi connectivity index (χ1) is 20.1. The standard InChI is InChI=1S/C30H33Cl2FN6O3/c1-30(2,16-40)15-35-24(41)13-18-8-10-20(31)14-23(18)39-26(19-9-11-22(33)21(32)12-19)25(28-37-38-29(34)42-28)36-27(39)17-6-4-3-5-7-17/h8-12,14,17,40H,3-7,13,15-16H2,1-2H3,(H2,34,38)(H,35,41). The van der Waals surface area contributed by atoms with Gasteiger partial charge in [0.15, 0.2) is 5.69 Å². The second kappa shape index (κ2) is 12.4. The third-order valence-electron chi connectivity index (χ3n) is 7.54. The Morgan fingerprint density at radius 3 is 2.60 bits per heavy atom. The lowest BCUT2D eigenvalue weighted by Gasteiger charge is -2.25. The van der Waals surface area contributed by atoms with Crippen molar-refractivity contribution in [3.63, 3.8) is 0 Å². The number of hydrogen-bond acceptors (Lipinski definition) is 7. The molecule has 12 heteroatoms. The number of nitrogens with one attached hydrogen (secondary N) is 1. The number of amides is 1. The molecule has 0 aliphatic heterocycles. The molecule has 1 saturated carbocycles. The van der Waals surface area contributed by atoms with Gasteiger partial charge in [0.25, 0.3) is 5.89 Å². The van der Waals surface area contributed by atoms with Gasteiger partial charge in [-0.1, -0.05) is 67.5 Å². The van der Waals surface area contributed by atoms with E-state index in [1.165, 1.54) is 12.1 Å². The Labute approximate surface area is 253 Å². The molecule has 0 radical (unpaired) electrons. The largest absolute Gasteiger partial charge is 0.402 e. The van der Waals surface area contributed by atoms with E-state index in [2.05, 4.69) is 15.5 Å². The van der Waals surface area contributed by atoms with Crippen molar-refractivity contribution in [2.45, 2.75) is 58.3 Å². The second-order valence-electron chi connectivity index (χ2n) is 11.5. The molecule has 0 bridgehead atoms. The van der Waals surface area contributed by atoms with Crippen LogP contribution in [0.5, 0.6) is 0 Å². The maximum atomic E-state index is 14.3. The fourth-order valence-corrected chi connectivity index (χ4v) is 5.58. The predicted octanol–water partition coefficient (Wildman–Crippen LogP) is 6.34. The normalized spacial score (nSPS) is 14.3. The highest BCUT2D eigenvalue weighted by atomic mass is 35.5. The van der Waals surface area contributed by atoms with E-state index < -0.39 is 11.2 Å². The molecule has 0 spiro atoms. The number of nitrogens with two attached hydrogens (primary N) is 1. The van der Waals surface area contributed by atoms with E-state index in [0.29, 0.717) is 39.8 Å². The van der Waals surface area contributed by atoms with Gasteiger partial charge in [0.05, 0.1) is 22.8 Å². The summed E-state index contributed by atoms with van der Waals surface area (Å²) in [5, 5.41) is 20.9. The minimum atomic E-state index is -0.562. The number of halogens is 3. The number of nitrogens with zero attached hydrogens (tertiary/aromatic N) is 4. The van der Waals surface area contributed by atoms with Crippen molar-refractivity contribution in [2.24, 2.45) is 5.41 Å². The lowest BCUT2D eigenvalue weighted by molar-refractivity contribution is -0.121. The third kappa shape index (κ3) is 6.45. The fourth-order valence-electron chi connectivity index (χ4n) is 5.23. The lowest BCUT2D eigenvalue weighted by atomic mass is 9.88. The van der Waals surface area contributed by atoms with Crippen molar-refractivity contribution in [2.75, 3.05) is 18.9 Å². The van der Waals surface area contributed by atoms with Crippen LogP contribution in [-0.2, 0) is 11.2 Å². The number of imidazole rings is 1. The van der Waals surface area contributed by atoms with Crippen molar-refractivity contribution in [3.8, 4) is 28.5 Å². The zero-order chi connectivity index (χ0) is 30.0. The van der Waals surface area contributed by atoms with Gasteiger partial charge < -0.3 is 20.6 Å². The van der Waals surface area contributed by atoms with E-state index in [1.807, 2.05) is 24.5 Å². The number of hydrogen-bond donors (Lipinski definition) is 3. The molecule has 0 atom stereocenters. The Morgan fingerprint density at radius 1 is 1.17 bits per heavy atom. The molecule has 9 nitrogen and oxygen atoms in total. The molecule has 2 heterocycles. The minimum Gasteiger partial charge on any atom is -0.402 e. The molecule has 4 N–H and O–H groups in total. The second-order valence-corrected chi connectivity index (χ2v) is 12.3. The zero-order valence-corrected chi connectivity index (χ0v) is 25.0. The number of aliphatic hydroxyl groups is 1. The molecule has 1 aliphatic carbocycles. The van der Waals surface area contributed by atoms with E-state index in [9.17, 15) is 14.3 Å². The first kappa shape index (κ1) is 30.0. The van der Waals surface area contributed by atoms with Crippen LogP contribution < -0.4 is 11.1 Å². The fraction of sp³-hybridized carbons (Fsp3) is 0.400. The molecule has 0 saturated heterocycles. The molecule has 1 fully saturated rings. The van der Waals surface area contributed by atoms with Crippen molar-refractivity contribution in [1.29, 1.82) is 0 Å². The molecular formula is C30H33Cl2FN6O3. The van der Waals surface area contributed by atoms with E-state index >= 15 is 0 Å². The summed E-state index contributed by atoms with van der Waals surface area (Å²) in [6, 6.07) is 9.63. The number of carbonyl (C=O) groups excluding carboxylic acids is 1. The number of aliphatic hydroxyl groups excluding tert-OH is 1. The Kier molecular flexibility index (Phi) is 8.86. The molecule has 1 aliphatic rings. The van der Waals surface area contributed by atoms with E-state index in [4.69, 9.17) is 38.3 Å². The molecule has 2 aromatic heterocycles. The van der Waals surface area contributed by atoms with E-state index in [1.54, 1.807) is 18.2 Å². The average Bonchev–Trinajstić information content (AvgIpc) is 3.59. The smallest absolute Gasteiger partial charge is 0.313 e. The Bertz CT molecular complexity index is 1600. The molecule has 0 unspecified atom stereocenters. The van der Waals surface area contributed by atoms with Crippen LogP contribution in [0.3, 0.4) is 0 Å². The van der Waals surface area contributed by atoms with Crippen molar-refractivity contribution in [1.82, 2.24) is 25.1 Å². The average molecular weight is 616 g/mol. The van der Waals surface area contributed by atoms with Gasteiger partial charge in [0.2, 0.25) is 5.91 Å². The Balaban J connectivity index is 1.73. The summed E-state index contributed by atoms with van der Waals surface area (Å²) >= 11 is 12.8. The summed E-state index contributed by atoms with van der Waals surface area (Å²) in [7, 11) is 0. The van der Waals surface area contributed by atoms with Gasteiger partial charge in [-0.25, -0.2) is 9.37 Å². The summed E-state index contributed by atoms with van der Waals surface area (Å²) < 4.78 is 21.9. The molecule has 5 rings (SSSR count). The quantitative estimate of drug-likeness (QED) is 0.200. The van der Waals surface area contributed by atoms with Gasteiger partial charge >= 0.3 is 6.01 Å². The highest BCUT2D eigenvalue weighted by Gasteiger charge is 2.31. The van der Waals surface area contributed by atoms with Crippen LogP contribution in [0.2, 0.25) is 10.0 Å². The molecule has 42 heavy (non-hydrogen) atoms. The highest BCUT2D eigenvalue weighted by Crippen LogP contribution is 2.42. The number of benzene rings is 2. The summed E-state index contributed by atoms with van der Waals surface area (Å²) in [4.78, 5) is 18.2. The Hall–Kier alpha value is -3.47. The van der Waals surface area contributed by atoms with Crippen molar-refractivity contribution >= 4 is 35.1 Å². The number of nitrogen functional groups attached to an aromatic ring is 1. The van der Waals surface area contributed by atoms with Crippen molar-refractivity contribution < 1.29 is 18.7 Å². The zero-order valence-electron chi connectivity index (χ0n) is 23.5. The summed E-state index contributed by atoms with van der Waals surface area (Å²) in [5.41, 5.74) is 8.12. The van der Waals surface area contributed by atoms with Crippen LogP contribution in [0.4, 0.5) is 10.4 Å². The molecular weight excluding hydrogens is 582 g/mol. The highest BCUT2D eigenvalue weighted by molar-refractivity contribution is 6.31. The van der Waals surface area contributed by atoms with Crippen LogP contribution in [0, 0.1) is 11.2 Å². The molecule has 2 aromatic carbocycles. The van der Waals surface area contributed by atoms with E-state index in [0.717, 1.165) is 37.9 Å². The van der Waals surface area contributed by atoms with Crippen LogP contribution >= 0.6 is 23.2 Å². The monoisotopic (exact) mass is 614 g/mol. The third-order valence-corrected chi connectivity index (χ3v) is 8.07. The van der Waals surface area contributed by atoms with Gasteiger partial charge in [-0.3, -0.25) is 9.36 Å². The maximum Gasteiger partial charge on any atom is 0.313 e. The summed E-state index contributed by atoms with van der Waals surface area (Å²) in [6.45, 7) is 3.99. The first-order valence-corrected chi connectivity index (χ1v) is 14.7. The maximum absolute atomic E-state index is 14.3. The summed E-state index contributed by atoms with van der Waals surface area (Å²) in [5.74, 6) is 0.159. The van der Waals surface area contributed by atoms with Crippen LogP contribution in [0.15, 0.2) is 40.8 Å². The van der Waals surface area contributed by atoms with Gasteiger partial charge in [-0.05, 0) is 48.7 Å². The van der Waals surface area contributed by atoms with Gasteiger partial charge in [0, 0.05) is 35.1 Å². The number of aromatic nitrogens is 4. The SMILES string of the molecule is CC(C)(CO)CNC(=O)Cc1ccc(Cl)cc1-n1c(C2CCCCC2)nc(-c2nnc(N)o2)c1-c1ccc(F)c(Cl)c1. The minimum absolute atomic E-state index is 0.0444. The number of carbonyl (C=O) groups is 1. The van der Waals surface area contributed by atoms with Crippen molar-refractivity contribution in [3.05, 3.63) is 63.6 Å². The lowest BCUT2D eigenvalue weighted by Crippen LogP contribution is -2.36. The van der Waals surface area contributed by atoms with Crippen LogP contribution in [0.25, 0.3) is 28.5 Å². The first-order valence-electron chi connectivity index (χ1n) is 13.9. The van der Waals surface area contributed by atoms with Crippen LogP contribution in [-0.4, -0.2) is 43.9 Å².